The van der Waals surface area contributed by atoms with Gasteiger partial charge in [-0.1, -0.05) is 29.8 Å². The average molecular weight is 466 g/mol. The number of nitrogens with zero attached hydrogens (tertiary/aromatic N) is 5. The molecule has 1 amide bonds. The molecule has 1 saturated heterocycles. The fourth-order valence-corrected chi connectivity index (χ4v) is 5.40. The Morgan fingerprint density at radius 1 is 1.03 bits per heavy atom. The van der Waals surface area contributed by atoms with Gasteiger partial charge in [-0.3, -0.25) is 18.9 Å². The van der Waals surface area contributed by atoms with Crippen LogP contribution in [0.3, 0.4) is 0 Å². The second kappa shape index (κ2) is 8.93. The van der Waals surface area contributed by atoms with Gasteiger partial charge in [-0.25, -0.2) is 9.97 Å². The quantitative estimate of drug-likeness (QED) is 0.453. The molecular formula is C23H23N5O2S2. The molecule has 4 aromatic rings. The minimum absolute atomic E-state index is 0.0478. The molecule has 1 aliphatic heterocycles. The third-order valence-electron chi connectivity index (χ3n) is 5.65. The minimum atomic E-state index is -0.0478. The van der Waals surface area contributed by atoms with Crippen LogP contribution in [0.15, 0.2) is 52.1 Å². The molecule has 0 radical (unpaired) electrons. The lowest BCUT2D eigenvalue weighted by Gasteiger charge is -2.34. The summed E-state index contributed by atoms with van der Waals surface area (Å²) < 4.78 is 1.56. The maximum absolute atomic E-state index is 12.8. The molecule has 0 aliphatic carbocycles. The van der Waals surface area contributed by atoms with Gasteiger partial charge in [0.2, 0.25) is 5.91 Å². The van der Waals surface area contributed by atoms with E-state index in [1.54, 1.807) is 28.0 Å². The van der Waals surface area contributed by atoms with E-state index in [0.29, 0.717) is 26.1 Å². The Balaban J connectivity index is 1.16. The largest absolute Gasteiger partial charge is 0.340 e. The van der Waals surface area contributed by atoms with Crippen LogP contribution in [-0.4, -0.2) is 56.3 Å². The summed E-state index contributed by atoms with van der Waals surface area (Å²) in [5.74, 6) is 0.113. The number of rotatable bonds is 5. The number of piperazine rings is 1. The summed E-state index contributed by atoms with van der Waals surface area (Å²) in [6.45, 7) is 5.57. The van der Waals surface area contributed by atoms with Crippen molar-refractivity contribution in [1.82, 2.24) is 24.2 Å². The van der Waals surface area contributed by atoms with E-state index in [-0.39, 0.29) is 11.5 Å². The second-order valence-corrected chi connectivity index (χ2v) is 9.72. The van der Waals surface area contributed by atoms with E-state index in [9.17, 15) is 9.59 Å². The molecule has 0 bridgehead atoms. The van der Waals surface area contributed by atoms with Crippen LogP contribution < -0.4 is 5.56 Å². The summed E-state index contributed by atoms with van der Waals surface area (Å²) in [5, 5.41) is 4.79. The first-order valence-corrected chi connectivity index (χ1v) is 12.3. The third kappa shape index (κ3) is 4.50. The molecule has 32 heavy (non-hydrogen) atoms. The van der Waals surface area contributed by atoms with Crippen LogP contribution >= 0.6 is 22.7 Å². The summed E-state index contributed by atoms with van der Waals surface area (Å²) in [6.07, 6.45) is 2.07. The molecule has 7 nitrogen and oxygen atoms in total. The predicted octanol–water partition coefficient (Wildman–Crippen LogP) is 3.07. The Morgan fingerprint density at radius 2 is 1.81 bits per heavy atom. The van der Waals surface area contributed by atoms with Crippen LogP contribution in [0.1, 0.15) is 17.0 Å². The highest BCUT2D eigenvalue weighted by Crippen LogP contribution is 2.24. The first-order valence-electron chi connectivity index (χ1n) is 10.5. The van der Waals surface area contributed by atoms with Gasteiger partial charge in [0.15, 0.2) is 4.96 Å². The van der Waals surface area contributed by atoms with Crippen molar-refractivity contribution in [3.8, 4) is 10.6 Å². The van der Waals surface area contributed by atoms with Crippen molar-refractivity contribution < 1.29 is 4.79 Å². The lowest BCUT2D eigenvalue weighted by molar-refractivity contribution is -0.132. The topological polar surface area (TPSA) is 70.8 Å². The maximum atomic E-state index is 12.8. The van der Waals surface area contributed by atoms with Crippen LogP contribution in [0.25, 0.3) is 15.5 Å². The van der Waals surface area contributed by atoms with E-state index in [1.807, 2.05) is 15.7 Å². The number of thiazole rings is 2. The van der Waals surface area contributed by atoms with E-state index >= 15 is 0 Å². The van der Waals surface area contributed by atoms with Crippen molar-refractivity contribution >= 4 is 33.5 Å². The van der Waals surface area contributed by atoms with E-state index in [1.165, 1.54) is 16.9 Å². The van der Waals surface area contributed by atoms with Gasteiger partial charge in [-0.15, -0.1) is 22.7 Å². The molecule has 164 valence electrons. The highest BCUT2D eigenvalue weighted by Gasteiger charge is 2.22. The molecular weight excluding hydrogens is 442 g/mol. The summed E-state index contributed by atoms with van der Waals surface area (Å²) in [4.78, 5) is 39.1. The molecule has 4 heterocycles. The lowest BCUT2D eigenvalue weighted by Crippen LogP contribution is -2.48. The Labute approximate surface area is 193 Å². The number of fused-ring (bicyclic) bond motifs is 1. The highest BCUT2D eigenvalue weighted by molar-refractivity contribution is 7.15. The van der Waals surface area contributed by atoms with Crippen molar-refractivity contribution in [1.29, 1.82) is 0 Å². The standard InChI is InChI=1S/C23H23N5O2S2/c1-16-2-4-17(5-3-16)22-24-19(15-32-22)13-20(29)27-8-6-26(7-9-27)14-18-12-21(30)28-10-11-31-23(28)25-18/h2-5,10-12,15H,6-9,13-14H2,1H3. The van der Waals surface area contributed by atoms with Crippen molar-refractivity contribution in [2.75, 3.05) is 26.2 Å². The molecule has 0 atom stereocenters. The normalized spacial score (nSPS) is 14.8. The van der Waals surface area contributed by atoms with E-state index in [4.69, 9.17) is 0 Å². The minimum Gasteiger partial charge on any atom is -0.340 e. The zero-order chi connectivity index (χ0) is 22.1. The summed E-state index contributed by atoms with van der Waals surface area (Å²) in [7, 11) is 0. The van der Waals surface area contributed by atoms with Gasteiger partial charge in [-0.2, -0.15) is 0 Å². The number of aromatic nitrogens is 3. The van der Waals surface area contributed by atoms with Crippen molar-refractivity contribution in [2.24, 2.45) is 0 Å². The number of carbonyl (C=O) groups is 1. The molecule has 0 unspecified atom stereocenters. The first kappa shape index (κ1) is 21.0. The van der Waals surface area contributed by atoms with Crippen molar-refractivity contribution in [2.45, 2.75) is 19.9 Å². The van der Waals surface area contributed by atoms with Crippen LogP contribution in [-0.2, 0) is 17.8 Å². The Bertz CT molecular complexity index is 1300. The smallest absolute Gasteiger partial charge is 0.258 e. The highest BCUT2D eigenvalue weighted by atomic mass is 32.1. The maximum Gasteiger partial charge on any atom is 0.258 e. The lowest BCUT2D eigenvalue weighted by atomic mass is 10.2. The van der Waals surface area contributed by atoms with Gasteiger partial charge in [0.05, 0.1) is 17.8 Å². The molecule has 1 fully saturated rings. The first-order chi connectivity index (χ1) is 15.5. The van der Waals surface area contributed by atoms with Gasteiger partial charge in [0, 0.05) is 61.3 Å². The van der Waals surface area contributed by atoms with Gasteiger partial charge in [0.25, 0.3) is 5.56 Å². The third-order valence-corrected chi connectivity index (χ3v) is 7.35. The number of amides is 1. The molecule has 9 heteroatoms. The van der Waals surface area contributed by atoms with E-state index in [2.05, 4.69) is 46.1 Å². The Hall–Kier alpha value is -2.88. The number of carbonyl (C=O) groups excluding carboxylic acids is 1. The SMILES string of the molecule is Cc1ccc(-c2nc(CC(=O)N3CCN(Cc4cc(=O)n5ccsc5n4)CC3)cs2)cc1. The summed E-state index contributed by atoms with van der Waals surface area (Å²) >= 11 is 3.04. The van der Waals surface area contributed by atoms with Crippen molar-refractivity contribution in [3.05, 3.63) is 74.6 Å². The van der Waals surface area contributed by atoms with Gasteiger partial charge < -0.3 is 4.90 Å². The number of aryl methyl sites for hydroxylation is 1. The number of benzene rings is 1. The Morgan fingerprint density at radius 3 is 2.59 bits per heavy atom. The van der Waals surface area contributed by atoms with Gasteiger partial charge in [0.1, 0.15) is 5.01 Å². The molecule has 1 aromatic carbocycles. The fourth-order valence-electron chi connectivity index (χ4n) is 3.84. The monoisotopic (exact) mass is 465 g/mol. The van der Waals surface area contributed by atoms with Crippen LogP contribution in [0.2, 0.25) is 0 Å². The zero-order valence-electron chi connectivity index (χ0n) is 17.7. The molecule has 5 rings (SSSR count). The van der Waals surface area contributed by atoms with E-state index < -0.39 is 0 Å². The molecule has 0 N–H and O–H groups in total. The molecule has 0 saturated carbocycles. The van der Waals surface area contributed by atoms with Crippen LogP contribution in [0, 0.1) is 6.92 Å². The summed E-state index contributed by atoms with van der Waals surface area (Å²) in [5.41, 5.74) is 3.86. The van der Waals surface area contributed by atoms with E-state index in [0.717, 1.165) is 40.0 Å². The van der Waals surface area contributed by atoms with Crippen LogP contribution in [0.4, 0.5) is 0 Å². The molecule has 3 aromatic heterocycles. The average Bonchev–Trinajstić information content (AvgIpc) is 3.45. The number of hydrogen-bond acceptors (Lipinski definition) is 7. The van der Waals surface area contributed by atoms with Crippen LogP contribution in [0.5, 0.6) is 0 Å². The Kier molecular flexibility index (Phi) is 5.86. The molecule has 1 aliphatic rings. The number of hydrogen-bond donors (Lipinski definition) is 0. The fraction of sp³-hybridized carbons (Fsp3) is 0.304. The van der Waals surface area contributed by atoms with Gasteiger partial charge >= 0.3 is 0 Å². The molecule has 0 spiro atoms. The predicted molar refractivity (Wildman–Crippen MR) is 127 cm³/mol. The van der Waals surface area contributed by atoms with Gasteiger partial charge in [-0.05, 0) is 6.92 Å². The summed E-state index contributed by atoms with van der Waals surface area (Å²) in [6, 6.07) is 9.89. The zero-order valence-corrected chi connectivity index (χ0v) is 19.4. The second-order valence-electron chi connectivity index (χ2n) is 7.99. The van der Waals surface area contributed by atoms with Crippen molar-refractivity contribution in [3.63, 3.8) is 0 Å².